The number of hydrogen-bond donors (Lipinski definition) is 3. The van der Waals surface area contributed by atoms with Crippen LogP contribution in [0.3, 0.4) is 0 Å². The van der Waals surface area contributed by atoms with Crippen molar-refractivity contribution in [3.05, 3.63) is 35.9 Å². The lowest BCUT2D eigenvalue weighted by Gasteiger charge is -2.56. The highest BCUT2D eigenvalue weighted by Crippen LogP contribution is 2.47. The van der Waals surface area contributed by atoms with Gasteiger partial charge in [0.15, 0.2) is 0 Å². The van der Waals surface area contributed by atoms with Crippen LogP contribution in [0.15, 0.2) is 30.3 Å². The lowest BCUT2D eigenvalue weighted by atomic mass is 9.61. The van der Waals surface area contributed by atoms with E-state index < -0.39 is 0 Å². The molecule has 168 valence electrons. The van der Waals surface area contributed by atoms with Crippen molar-refractivity contribution < 1.29 is 0 Å². The number of rotatable bonds is 13. The van der Waals surface area contributed by atoms with Gasteiger partial charge in [-0.2, -0.15) is 0 Å². The average molecular weight is 405 g/mol. The zero-order chi connectivity index (χ0) is 22.2. The molecule has 5 atom stereocenters. The Morgan fingerprint density at radius 1 is 0.931 bits per heavy atom. The smallest absolute Gasteiger partial charge is 0.0434 e. The highest BCUT2D eigenvalue weighted by atomic mass is 15.2. The normalized spacial score (nSPS) is 18.9. The van der Waals surface area contributed by atoms with Crippen LogP contribution in [0.2, 0.25) is 0 Å². The van der Waals surface area contributed by atoms with Gasteiger partial charge in [0, 0.05) is 29.6 Å². The molecular formula is C25H48N4. The number of nitrogens with two attached hydrogens (primary N) is 3. The zero-order valence-corrected chi connectivity index (χ0v) is 20.1. The van der Waals surface area contributed by atoms with Gasteiger partial charge in [-0.05, 0) is 57.2 Å². The van der Waals surface area contributed by atoms with E-state index in [2.05, 4.69) is 83.7 Å². The largest absolute Gasteiger partial charge is 0.328 e. The summed E-state index contributed by atoms with van der Waals surface area (Å²) in [4.78, 5) is 2.61. The minimum Gasteiger partial charge on any atom is -0.328 e. The standard InChI is InChI=1S/C25H48N4/c1-8-14-23(28)25(29(9-2)10-3,18-24(6,7)20(5)27)22(17-19(4)26)21-15-12-11-13-16-21/h11-13,15-16,19-20,22-23H,8-10,14,17-18,26-28H2,1-7H3. The van der Waals surface area contributed by atoms with E-state index in [9.17, 15) is 0 Å². The van der Waals surface area contributed by atoms with Gasteiger partial charge in [0.25, 0.3) is 0 Å². The van der Waals surface area contributed by atoms with Gasteiger partial charge >= 0.3 is 0 Å². The Balaban J connectivity index is 3.77. The predicted molar refractivity (Wildman–Crippen MR) is 128 cm³/mol. The van der Waals surface area contributed by atoms with Gasteiger partial charge in [-0.25, -0.2) is 0 Å². The second-order valence-corrected chi connectivity index (χ2v) is 9.69. The zero-order valence-electron chi connectivity index (χ0n) is 20.1. The lowest BCUT2D eigenvalue weighted by Crippen LogP contribution is -2.66. The fourth-order valence-electron chi connectivity index (χ4n) is 5.03. The summed E-state index contributed by atoms with van der Waals surface area (Å²) in [5.41, 5.74) is 21.1. The molecule has 0 heterocycles. The number of benzene rings is 1. The fourth-order valence-corrected chi connectivity index (χ4v) is 5.03. The molecular weight excluding hydrogens is 356 g/mol. The maximum absolute atomic E-state index is 7.11. The van der Waals surface area contributed by atoms with Crippen LogP contribution in [-0.2, 0) is 0 Å². The quantitative estimate of drug-likeness (QED) is 0.453. The molecule has 4 nitrogen and oxygen atoms in total. The van der Waals surface area contributed by atoms with Crippen molar-refractivity contribution in [2.45, 2.75) is 104 Å². The Kier molecular flexibility index (Phi) is 10.3. The molecule has 0 aliphatic heterocycles. The number of likely N-dealkylation sites (N-methyl/N-ethyl adjacent to an activating group) is 1. The van der Waals surface area contributed by atoms with Crippen LogP contribution in [0, 0.1) is 5.41 Å². The van der Waals surface area contributed by atoms with Gasteiger partial charge in [0.05, 0.1) is 0 Å². The molecule has 0 spiro atoms. The maximum atomic E-state index is 7.11. The summed E-state index contributed by atoms with van der Waals surface area (Å²) in [5.74, 6) is 0.253. The molecule has 0 aliphatic carbocycles. The van der Waals surface area contributed by atoms with Crippen LogP contribution in [0.25, 0.3) is 0 Å². The number of hydrogen-bond acceptors (Lipinski definition) is 4. The van der Waals surface area contributed by atoms with Crippen molar-refractivity contribution in [2.75, 3.05) is 13.1 Å². The van der Waals surface area contributed by atoms with Crippen molar-refractivity contribution in [3.63, 3.8) is 0 Å². The van der Waals surface area contributed by atoms with E-state index in [1.54, 1.807) is 0 Å². The van der Waals surface area contributed by atoms with Gasteiger partial charge in [-0.15, -0.1) is 0 Å². The van der Waals surface area contributed by atoms with Crippen molar-refractivity contribution in [3.8, 4) is 0 Å². The first-order valence-electron chi connectivity index (χ1n) is 11.6. The van der Waals surface area contributed by atoms with Gasteiger partial charge in [-0.1, -0.05) is 71.4 Å². The van der Waals surface area contributed by atoms with Gasteiger partial charge in [0.1, 0.15) is 0 Å². The van der Waals surface area contributed by atoms with Crippen LogP contribution < -0.4 is 17.2 Å². The van der Waals surface area contributed by atoms with Gasteiger partial charge < -0.3 is 17.2 Å². The first kappa shape index (κ1) is 26.1. The van der Waals surface area contributed by atoms with Gasteiger partial charge in [-0.3, -0.25) is 4.90 Å². The predicted octanol–water partition coefficient (Wildman–Crippen LogP) is 4.48. The van der Waals surface area contributed by atoms with E-state index in [1.807, 2.05) is 0 Å². The first-order chi connectivity index (χ1) is 13.6. The molecule has 0 radical (unpaired) electrons. The third-order valence-corrected chi connectivity index (χ3v) is 6.98. The molecule has 0 amide bonds. The summed E-state index contributed by atoms with van der Waals surface area (Å²) in [7, 11) is 0. The summed E-state index contributed by atoms with van der Waals surface area (Å²) in [5, 5.41) is 0. The Bertz CT molecular complexity index is 565. The second kappa shape index (κ2) is 11.5. The molecule has 6 N–H and O–H groups in total. The fraction of sp³-hybridized carbons (Fsp3) is 0.760. The van der Waals surface area contributed by atoms with E-state index in [1.165, 1.54) is 5.56 Å². The van der Waals surface area contributed by atoms with Crippen molar-refractivity contribution >= 4 is 0 Å². The van der Waals surface area contributed by atoms with E-state index in [0.29, 0.717) is 0 Å². The third kappa shape index (κ3) is 6.27. The molecule has 5 unspecified atom stereocenters. The molecule has 0 bridgehead atoms. The first-order valence-corrected chi connectivity index (χ1v) is 11.6. The lowest BCUT2D eigenvalue weighted by molar-refractivity contribution is -0.00639. The Morgan fingerprint density at radius 3 is 1.90 bits per heavy atom. The van der Waals surface area contributed by atoms with E-state index >= 15 is 0 Å². The maximum Gasteiger partial charge on any atom is 0.0434 e. The van der Waals surface area contributed by atoms with Crippen LogP contribution in [0.1, 0.15) is 85.6 Å². The Labute approximate surface area is 180 Å². The monoisotopic (exact) mass is 404 g/mol. The SMILES string of the molecule is CCCC(N)C(CC(C)(C)C(C)N)(C(CC(C)N)c1ccccc1)N(CC)CC. The highest BCUT2D eigenvalue weighted by molar-refractivity contribution is 5.27. The molecule has 1 rings (SSSR count). The third-order valence-electron chi connectivity index (χ3n) is 6.98. The molecule has 4 heteroatoms. The highest BCUT2D eigenvalue weighted by Gasteiger charge is 2.51. The molecule has 0 saturated heterocycles. The molecule has 0 fully saturated rings. The van der Waals surface area contributed by atoms with Crippen LogP contribution >= 0.6 is 0 Å². The van der Waals surface area contributed by atoms with Crippen LogP contribution in [0.4, 0.5) is 0 Å². The number of nitrogens with zero attached hydrogens (tertiary/aromatic N) is 1. The van der Waals surface area contributed by atoms with Crippen LogP contribution in [0.5, 0.6) is 0 Å². The van der Waals surface area contributed by atoms with E-state index in [0.717, 1.165) is 38.8 Å². The van der Waals surface area contributed by atoms with E-state index in [4.69, 9.17) is 17.2 Å². The van der Waals surface area contributed by atoms with Crippen molar-refractivity contribution in [1.29, 1.82) is 0 Å². The summed E-state index contributed by atoms with van der Waals surface area (Å²) in [6, 6.07) is 11.1. The molecule has 1 aromatic rings. The van der Waals surface area contributed by atoms with Crippen molar-refractivity contribution in [1.82, 2.24) is 4.90 Å². The molecule has 29 heavy (non-hydrogen) atoms. The van der Waals surface area contributed by atoms with Crippen LogP contribution in [-0.4, -0.2) is 41.7 Å². The van der Waals surface area contributed by atoms with Gasteiger partial charge in [0.2, 0.25) is 0 Å². The molecule has 1 aromatic carbocycles. The second-order valence-electron chi connectivity index (χ2n) is 9.69. The Morgan fingerprint density at radius 2 is 1.48 bits per heavy atom. The minimum atomic E-state index is -0.203. The summed E-state index contributed by atoms with van der Waals surface area (Å²) in [6.07, 6.45) is 3.93. The summed E-state index contributed by atoms with van der Waals surface area (Å²) in [6.45, 7) is 17.5. The summed E-state index contributed by atoms with van der Waals surface area (Å²) >= 11 is 0. The summed E-state index contributed by atoms with van der Waals surface area (Å²) < 4.78 is 0. The molecule has 0 aromatic heterocycles. The average Bonchev–Trinajstić information content (AvgIpc) is 2.66. The van der Waals surface area contributed by atoms with E-state index in [-0.39, 0.29) is 35.0 Å². The minimum absolute atomic E-state index is 0.0428. The molecule has 0 saturated carbocycles. The topological polar surface area (TPSA) is 81.3 Å². The molecule has 0 aliphatic rings. The Hall–Kier alpha value is -0.940. The van der Waals surface area contributed by atoms with Crippen molar-refractivity contribution in [2.24, 2.45) is 22.6 Å².